The van der Waals surface area contributed by atoms with Gasteiger partial charge in [-0.3, -0.25) is 4.79 Å². The number of aromatic nitrogens is 1. The maximum atomic E-state index is 13.2. The minimum absolute atomic E-state index is 0. The van der Waals surface area contributed by atoms with Crippen molar-refractivity contribution in [2.75, 3.05) is 26.5 Å². The maximum Gasteiger partial charge on any atom is 0.242 e. The fraction of sp³-hybridized carbons (Fsp3) is 0.280. The quantitative estimate of drug-likeness (QED) is 0.562. The van der Waals surface area contributed by atoms with E-state index in [1.165, 1.54) is 18.4 Å². The number of benzene rings is 2. The van der Waals surface area contributed by atoms with Gasteiger partial charge in [-0.25, -0.2) is 17.7 Å². The van der Waals surface area contributed by atoms with Gasteiger partial charge in [-0.05, 0) is 61.2 Å². The molecule has 1 aliphatic rings. The second-order valence-electron chi connectivity index (χ2n) is 8.44. The Morgan fingerprint density at radius 1 is 1.09 bits per heavy atom. The summed E-state index contributed by atoms with van der Waals surface area (Å²) in [6.45, 7) is 1.90. The van der Waals surface area contributed by atoms with E-state index >= 15 is 0 Å². The summed E-state index contributed by atoms with van der Waals surface area (Å²) in [6, 6.07) is 17.9. The predicted octanol–water partition coefficient (Wildman–Crippen LogP) is 4.23. The van der Waals surface area contributed by atoms with Crippen LogP contribution in [0.5, 0.6) is 5.75 Å². The van der Waals surface area contributed by atoms with Crippen molar-refractivity contribution in [1.82, 2.24) is 9.29 Å². The number of nitrogens with zero attached hydrogens (tertiary/aromatic N) is 2. The lowest BCUT2D eigenvalue weighted by Gasteiger charge is -2.17. The van der Waals surface area contributed by atoms with E-state index < -0.39 is 15.4 Å². The van der Waals surface area contributed by atoms with Crippen LogP contribution in [0.2, 0.25) is 0 Å². The number of pyridine rings is 1. The summed E-state index contributed by atoms with van der Waals surface area (Å²) in [6.07, 6.45) is 1.54. The molecule has 0 atom stereocenters. The number of aryl methyl sites for hydroxylation is 1. The average molecular weight is 468 g/mol. The molecule has 8 heteroatoms. The van der Waals surface area contributed by atoms with E-state index in [0.29, 0.717) is 17.1 Å². The number of rotatable bonds is 7. The molecule has 4 rings (SSSR count). The van der Waals surface area contributed by atoms with Crippen molar-refractivity contribution in [3.63, 3.8) is 0 Å². The van der Waals surface area contributed by atoms with Gasteiger partial charge in [-0.15, -0.1) is 0 Å². The Morgan fingerprint density at radius 2 is 1.79 bits per heavy atom. The van der Waals surface area contributed by atoms with E-state index in [1.54, 1.807) is 31.4 Å². The average Bonchev–Trinajstić information content (AvgIpc) is 3.62. The third-order valence-corrected chi connectivity index (χ3v) is 7.86. The van der Waals surface area contributed by atoms with Crippen molar-refractivity contribution in [3.05, 3.63) is 71.8 Å². The first-order valence-electron chi connectivity index (χ1n) is 10.6. The molecule has 174 valence electrons. The first-order chi connectivity index (χ1) is 15.7. The summed E-state index contributed by atoms with van der Waals surface area (Å²) in [7, 11) is 1.04. The van der Waals surface area contributed by atoms with Crippen molar-refractivity contribution >= 4 is 21.7 Å². The first-order valence-corrected chi connectivity index (χ1v) is 12.1. The molecule has 0 saturated heterocycles. The van der Waals surface area contributed by atoms with Crippen LogP contribution in [0.3, 0.4) is 0 Å². The molecule has 0 bridgehead atoms. The van der Waals surface area contributed by atoms with Gasteiger partial charge in [0.05, 0.1) is 23.1 Å². The van der Waals surface area contributed by atoms with E-state index in [9.17, 15) is 13.2 Å². The van der Waals surface area contributed by atoms with Gasteiger partial charge in [0.25, 0.3) is 0 Å². The minimum Gasteiger partial charge on any atom is -0.497 e. The number of ether oxygens (including phenoxy) is 1. The maximum absolute atomic E-state index is 13.2. The first kappa shape index (κ1) is 22.9. The molecule has 1 fully saturated rings. The number of anilines is 1. The predicted molar refractivity (Wildman–Crippen MR) is 130 cm³/mol. The number of hydrogen-bond acceptors (Lipinski definition) is 5. The summed E-state index contributed by atoms with van der Waals surface area (Å²) in [5.41, 5.74) is 2.57. The second kappa shape index (κ2) is 8.61. The highest BCUT2D eigenvalue weighted by Gasteiger charge is 2.51. The molecule has 33 heavy (non-hydrogen) atoms. The highest BCUT2D eigenvalue weighted by molar-refractivity contribution is 7.89. The van der Waals surface area contributed by atoms with Crippen molar-refractivity contribution in [2.45, 2.75) is 30.1 Å². The number of nitrogens with one attached hydrogen (secondary N) is 1. The molecule has 1 aliphatic carbocycles. The SMILES string of the molecule is COc1ccc(C2(C(=O)Nc3ccc(C)c(-c4cccc(S(=O)(=O)N(C)C)c4)n3)CC2)cc1.[HH]. The Morgan fingerprint density at radius 3 is 2.39 bits per heavy atom. The van der Waals surface area contributed by atoms with E-state index in [2.05, 4.69) is 10.3 Å². The van der Waals surface area contributed by atoms with Gasteiger partial charge in [0, 0.05) is 21.1 Å². The Bertz CT molecular complexity index is 1300. The Balaban J connectivity index is 0.00000324. The van der Waals surface area contributed by atoms with Crippen LogP contribution in [0.25, 0.3) is 11.3 Å². The number of hydrogen-bond donors (Lipinski definition) is 1. The van der Waals surface area contributed by atoms with Crippen LogP contribution in [0, 0.1) is 6.92 Å². The molecular weight excluding hydrogens is 438 g/mol. The lowest BCUT2D eigenvalue weighted by Crippen LogP contribution is -2.28. The van der Waals surface area contributed by atoms with Crippen molar-refractivity contribution in [2.24, 2.45) is 0 Å². The lowest BCUT2D eigenvalue weighted by atomic mass is 9.95. The van der Waals surface area contributed by atoms with Gasteiger partial charge in [0.1, 0.15) is 11.6 Å². The molecule has 0 spiro atoms. The topological polar surface area (TPSA) is 88.6 Å². The normalized spacial score (nSPS) is 14.7. The highest BCUT2D eigenvalue weighted by atomic mass is 32.2. The third kappa shape index (κ3) is 4.36. The Hall–Kier alpha value is -3.23. The zero-order chi connectivity index (χ0) is 23.8. The zero-order valence-electron chi connectivity index (χ0n) is 19.1. The van der Waals surface area contributed by atoms with Crippen LogP contribution in [0.15, 0.2) is 65.6 Å². The third-order valence-electron chi connectivity index (χ3n) is 6.05. The fourth-order valence-electron chi connectivity index (χ4n) is 3.82. The number of methoxy groups -OCH3 is 1. The summed E-state index contributed by atoms with van der Waals surface area (Å²) < 4.78 is 31.5. The largest absolute Gasteiger partial charge is 0.497 e. The van der Waals surface area contributed by atoms with E-state index in [1.807, 2.05) is 43.3 Å². The lowest BCUT2D eigenvalue weighted by molar-refractivity contribution is -0.118. The molecule has 0 radical (unpaired) electrons. The minimum atomic E-state index is -3.57. The Labute approximate surface area is 196 Å². The van der Waals surface area contributed by atoms with Crippen LogP contribution in [0.1, 0.15) is 25.4 Å². The van der Waals surface area contributed by atoms with Crippen LogP contribution >= 0.6 is 0 Å². The molecule has 1 saturated carbocycles. The molecule has 1 amide bonds. The smallest absolute Gasteiger partial charge is 0.242 e. The standard InChI is InChI=1S/C25H27N3O4S.H2/c1-17-8-13-22(26-23(17)18-6-5-7-21(16-18)33(30,31)28(2)3)27-24(29)25(14-15-25)19-9-11-20(32-4)12-10-19;/h5-13,16H,14-15H2,1-4H3,(H,26,27,29);1H. The van der Waals surface area contributed by atoms with Crippen molar-refractivity contribution in [1.29, 1.82) is 0 Å². The van der Waals surface area contributed by atoms with Gasteiger partial charge < -0.3 is 10.1 Å². The van der Waals surface area contributed by atoms with Crippen molar-refractivity contribution < 1.29 is 19.4 Å². The van der Waals surface area contributed by atoms with E-state index in [0.717, 1.165) is 29.7 Å². The Kier molecular flexibility index (Phi) is 5.99. The molecule has 1 heterocycles. The molecule has 2 aromatic carbocycles. The number of amides is 1. The van der Waals surface area contributed by atoms with Crippen LogP contribution < -0.4 is 10.1 Å². The van der Waals surface area contributed by atoms with Gasteiger partial charge in [-0.2, -0.15) is 0 Å². The zero-order valence-corrected chi connectivity index (χ0v) is 19.9. The summed E-state index contributed by atoms with van der Waals surface area (Å²) in [4.78, 5) is 18.0. The van der Waals surface area contributed by atoms with Crippen LogP contribution in [-0.4, -0.2) is 44.8 Å². The molecule has 1 N–H and O–H groups in total. The summed E-state index contributed by atoms with van der Waals surface area (Å²) in [5.74, 6) is 1.08. The molecule has 7 nitrogen and oxygen atoms in total. The molecule has 3 aromatic rings. The fourth-order valence-corrected chi connectivity index (χ4v) is 4.77. The van der Waals surface area contributed by atoms with Gasteiger partial charge >= 0.3 is 0 Å². The summed E-state index contributed by atoms with van der Waals surface area (Å²) >= 11 is 0. The monoisotopic (exact) mass is 467 g/mol. The van der Waals surface area contributed by atoms with Crippen LogP contribution in [0.4, 0.5) is 5.82 Å². The molecular formula is C25H29N3O4S. The summed E-state index contributed by atoms with van der Waals surface area (Å²) in [5, 5.41) is 2.96. The van der Waals surface area contributed by atoms with Gasteiger partial charge in [0.15, 0.2) is 0 Å². The van der Waals surface area contributed by atoms with E-state index in [4.69, 9.17) is 4.74 Å². The van der Waals surface area contributed by atoms with Crippen LogP contribution in [-0.2, 0) is 20.2 Å². The van der Waals surface area contributed by atoms with Crippen molar-refractivity contribution in [3.8, 4) is 17.0 Å². The van der Waals surface area contributed by atoms with Gasteiger partial charge in [-0.1, -0.05) is 30.3 Å². The second-order valence-corrected chi connectivity index (χ2v) is 10.6. The van der Waals surface area contributed by atoms with E-state index in [-0.39, 0.29) is 12.2 Å². The number of carbonyl (C=O) groups excluding carboxylic acids is 1. The number of carbonyl (C=O) groups is 1. The molecule has 0 unspecified atom stereocenters. The molecule has 1 aromatic heterocycles. The number of sulfonamides is 1. The van der Waals surface area contributed by atoms with Gasteiger partial charge in [0.2, 0.25) is 15.9 Å². The highest BCUT2D eigenvalue weighted by Crippen LogP contribution is 2.49. The molecule has 0 aliphatic heterocycles.